The van der Waals surface area contributed by atoms with E-state index in [1.165, 1.54) is 71.3 Å². The number of azide groups is 4. The van der Waals surface area contributed by atoms with Crippen molar-refractivity contribution in [3.63, 3.8) is 0 Å². The molecule has 54 nitrogen and oxygen atoms in total. The van der Waals surface area contributed by atoms with Crippen molar-refractivity contribution in [3.05, 3.63) is 174 Å². The van der Waals surface area contributed by atoms with E-state index in [1.54, 1.807) is 95.2 Å². The van der Waals surface area contributed by atoms with Crippen molar-refractivity contribution in [2.45, 2.75) is 312 Å². The first-order valence-electron chi connectivity index (χ1n) is 43.6. The van der Waals surface area contributed by atoms with Crippen LogP contribution in [0.25, 0.3) is 52.9 Å². The number of carbonyl (C=O) groups is 1. The van der Waals surface area contributed by atoms with Crippen LogP contribution in [0.4, 0.5) is 23.4 Å². The number of ketones is 1. The maximum absolute atomic E-state index is 15.3. The van der Waals surface area contributed by atoms with E-state index in [1.807, 2.05) is 39.5 Å². The summed E-state index contributed by atoms with van der Waals surface area (Å²) in [4.78, 5) is 104. The lowest BCUT2D eigenvalue weighted by Gasteiger charge is -2.31. The third-order valence-electron chi connectivity index (χ3n) is 22.2. The van der Waals surface area contributed by atoms with E-state index in [9.17, 15) is 78.7 Å². The highest BCUT2D eigenvalue weighted by Crippen LogP contribution is 2.51. The van der Waals surface area contributed by atoms with Gasteiger partial charge in [-0.05, 0) is 165 Å². The molecule has 14 heterocycles. The maximum Gasteiger partial charge on any atom is 0.350 e. The van der Waals surface area contributed by atoms with Crippen molar-refractivity contribution in [2.75, 3.05) is 39.6 Å². The molecule has 7 aliphatic heterocycles. The van der Waals surface area contributed by atoms with Crippen LogP contribution < -0.4 is 22.6 Å². The molecule has 768 valence electrons. The van der Waals surface area contributed by atoms with Gasteiger partial charge < -0.3 is 108 Å². The van der Waals surface area contributed by atoms with Gasteiger partial charge in [0.05, 0.1) is 88.9 Å². The molecule has 58 heteroatoms. The molecule has 0 radical (unpaired) electrons. The molecule has 7 aromatic rings. The third-order valence-corrected chi connectivity index (χ3v) is 22.2. The number of terminal acetylenes is 2. The molecule has 23 atom stereocenters. The Bertz CT molecular complexity index is 6100. The molecule has 141 heavy (non-hydrogen) atoms. The summed E-state index contributed by atoms with van der Waals surface area (Å²) in [5.41, 5.74) is 19.4. The Morgan fingerprint density at radius 1 is 0.511 bits per heavy atom. The number of halogens is 4. The number of alkyl halides is 4. The number of nitrogens with zero attached hydrogens (tertiary/aromatic N) is 27. The number of aromatic amines is 1. The zero-order valence-electron chi connectivity index (χ0n) is 79.6. The quantitative estimate of drug-likeness (QED) is 0.0109. The van der Waals surface area contributed by atoms with Crippen molar-refractivity contribution in [2.24, 2.45) is 25.4 Å². The third kappa shape index (κ3) is 24.3. The van der Waals surface area contributed by atoms with Crippen LogP contribution in [0.2, 0.25) is 0 Å². The van der Waals surface area contributed by atoms with Gasteiger partial charge in [-0.25, -0.2) is 52.8 Å². The first-order chi connectivity index (χ1) is 66.1. The number of nitrogens with one attached hydrogen (secondary N) is 1. The van der Waals surface area contributed by atoms with Crippen LogP contribution >= 0.6 is 0 Å². The van der Waals surface area contributed by atoms with Crippen LogP contribution in [0.3, 0.4) is 0 Å². The highest BCUT2D eigenvalue weighted by Gasteiger charge is 2.68. The van der Waals surface area contributed by atoms with Crippen LogP contribution in [0.15, 0.2) is 100 Å². The van der Waals surface area contributed by atoms with E-state index in [-0.39, 0.29) is 105 Å². The first-order valence-corrected chi connectivity index (χ1v) is 43.6. The van der Waals surface area contributed by atoms with E-state index < -0.39 is 173 Å². The Morgan fingerprint density at radius 2 is 0.943 bits per heavy atom. The fourth-order valence-corrected chi connectivity index (χ4v) is 14.8. The Morgan fingerprint density at radius 3 is 1.40 bits per heavy atom. The summed E-state index contributed by atoms with van der Waals surface area (Å²) in [6.45, 7) is 29.3. The second-order valence-corrected chi connectivity index (χ2v) is 34.8. The number of hydrogen-bond donors (Lipinski definition) is 10. The van der Waals surface area contributed by atoms with Crippen LogP contribution in [0.5, 0.6) is 0 Å². The second kappa shape index (κ2) is 46.3. The van der Waals surface area contributed by atoms with E-state index in [2.05, 4.69) is 90.1 Å². The van der Waals surface area contributed by atoms with Gasteiger partial charge in [0.25, 0.3) is 5.56 Å². The monoisotopic (exact) mass is 1990 g/mol. The van der Waals surface area contributed by atoms with Gasteiger partial charge in [0.2, 0.25) is 40.5 Å². The van der Waals surface area contributed by atoms with E-state index >= 15 is 8.78 Å². The molecule has 0 unspecified atom stereocenters. The molecule has 10 N–H and O–H groups in total. The van der Waals surface area contributed by atoms with Gasteiger partial charge in [-0.2, -0.15) is 28.8 Å². The van der Waals surface area contributed by atoms with E-state index in [4.69, 9.17) is 91.8 Å². The minimum Gasteiger partial charge on any atom is -0.387 e. The average Bonchev–Trinajstić information content (AvgIpc) is 1.56. The molecule has 0 spiro atoms. The highest BCUT2D eigenvalue weighted by atomic mass is 19.3. The summed E-state index contributed by atoms with van der Waals surface area (Å²) in [6, 6.07) is 4.46. The largest absolute Gasteiger partial charge is 0.387 e. The van der Waals surface area contributed by atoms with Crippen LogP contribution in [0.1, 0.15) is 167 Å². The van der Waals surface area contributed by atoms with Gasteiger partial charge in [0.1, 0.15) is 79.0 Å². The van der Waals surface area contributed by atoms with Crippen LogP contribution in [0, 0.1) is 59.3 Å². The Labute approximate surface area is 799 Å². The minimum atomic E-state index is -3.91. The predicted molar refractivity (Wildman–Crippen MR) is 478 cm³/mol. The van der Waals surface area contributed by atoms with Gasteiger partial charge in [0, 0.05) is 68.0 Å². The van der Waals surface area contributed by atoms with Crippen molar-refractivity contribution in [3.8, 4) is 24.7 Å². The number of Topliss-reactive ketones (excluding diaryl/α,β-unsaturated/α-hetero) is 1. The lowest BCUT2D eigenvalue weighted by Crippen LogP contribution is -2.48. The lowest BCUT2D eigenvalue weighted by atomic mass is 9.97. The number of carbonyl (C=O) groups excluding carboxylic acids is 1. The summed E-state index contributed by atoms with van der Waals surface area (Å²) in [6.07, 6.45) is -4.97. The average molecular weight is 1990 g/mol. The molecule has 0 saturated carbocycles. The number of H-pyrrole nitrogens is 1. The lowest BCUT2D eigenvalue weighted by molar-refractivity contribution is -0.189. The molecule has 0 aliphatic carbocycles. The van der Waals surface area contributed by atoms with Crippen molar-refractivity contribution >= 4 is 29.0 Å². The minimum absolute atomic E-state index is 0.0121. The van der Waals surface area contributed by atoms with E-state index in [0.717, 1.165) is 15.3 Å². The number of aliphatic hydroxyl groups excluding tert-OH is 9. The SMILES string of the molecule is C#C[C@@]1(F)[C@H](O)[C@@H](COC(C)C)O[C@H]1n1cnc2c(=O)[nH]c(C)nc21.C#C[C@@]1(F)[C@H](O)[C@@H](COC(C)C)O[C@H]1n1cnc2c1N=CCC2=O.Cc1ccn([C@@H]2O[C@@](COC(C)C)(N=[N+]=[N-])[C@@H](O)C2(F)F)c(=O)n1.Cc1ccn([C@@H]2O[C@@](COC(C)C)(N=[N+]=[N-])[C@@H](O)[C@H]2O)c(=O)n1.Cc1ccn([C@]2(C)O[C@@](COC(C)C)(N=[N+]=[N-])[C@@H](O)[C@H]2O)c(=O)n1.Cc1ncn([C@@H]2O[C@@](COC(C)C)(N=[N+]=[N-])[C@@H](O)[C@H]2O)n1. The van der Waals surface area contributed by atoms with Crippen molar-refractivity contribution in [1.82, 2.24) is 72.5 Å². The number of aliphatic hydroxyl groups is 9. The first kappa shape index (κ1) is 113. The summed E-state index contributed by atoms with van der Waals surface area (Å²) in [5.74, 6) is 0.828. The zero-order chi connectivity index (χ0) is 105. The van der Waals surface area contributed by atoms with Crippen LogP contribution in [-0.2, 0) is 62.6 Å². The Hall–Kier alpha value is -12.1. The topological polar surface area (TPSA) is 734 Å². The van der Waals surface area contributed by atoms with Gasteiger partial charge in [-0.3, -0.25) is 32.4 Å². The fourth-order valence-electron chi connectivity index (χ4n) is 14.8. The number of aliphatic imine (C=N–C) groups is 1. The predicted octanol–water partition coefficient (Wildman–Crippen LogP) is 4.07. The number of hydrogen-bond acceptors (Lipinski definition) is 39. The smallest absolute Gasteiger partial charge is 0.350 e. The number of rotatable bonds is 28. The summed E-state index contributed by atoms with van der Waals surface area (Å²) >= 11 is 0. The summed E-state index contributed by atoms with van der Waals surface area (Å²) in [5, 5.41) is 110. The molecule has 7 aromatic heterocycles. The molecule has 0 amide bonds. The molecule has 0 bridgehead atoms. The van der Waals surface area contributed by atoms with Crippen molar-refractivity contribution < 1.29 is 125 Å². The maximum atomic E-state index is 15.3. The highest BCUT2D eigenvalue weighted by molar-refractivity contribution is 6.08. The fraction of sp³-hybridized carbons (Fsp3) is 0.663. The summed E-state index contributed by atoms with van der Waals surface area (Å²) in [7, 11) is 0. The van der Waals surface area contributed by atoms with Gasteiger partial charge in [0.15, 0.2) is 65.2 Å². The molecular weight excluding hydrogens is 1880 g/mol. The van der Waals surface area contributed by atoms with Crippen molar-refractivity contribution in [1.29, 1.82) is 0 Å². The molecular formula is C83H112F4N28O26. The number of fused-ring (bicyclic) bond motifs is 2. The Balaban J connectivity index is 0.000000189. The van der Waals surface area contributed by atoms with E-state index in [0.29, 0.717) is 33.3 Å². The standard InChI is InChI=1S/C16H19FN4O4.C16H18FN3O4.C14H21N5O5.C13H17F2N5O4.C13H19N5O5.C11H18N6O4/c1-5-16(17)12(22)10(6-24-8(2)3)25-15(16)21-7-18-11-13(21)19-9(4)20-14(11)23;1-4-16(17)13(22)11(7-23-9(2)3)24-15(16)20-8-19-12-10(21)5-6-18-14(12)20;1-8(2)23-7-14(17-18-15)11(21)10(20)13(4,24-14)19-6-5-9(3)16-12(19)22;1-7(2)23-6-12(18-19-16)9(21)13(14,15)10(24-12)20-5-4-8(3)17-11(20)22;1-7(2)22-6-13(16-17-14)10(20)9(19)11(23-13)18-5-4-8(3)15-12(18)21;1-6(2)20-4-11(15-16-12)9(19)8(18)10(21-11)17-5-13-7(3)14-17/h1,7-8,10,12,15,22H,6H2,2-4H3,(H,19,20,23);1,6,8-9,11,13,15,22H,5,7H2,2-3H3;5-6,8,10-11,20-21H,7H2,1-4H3;4-5,7,9-10,21H,6H2,1-3H3;4-5,7,9-11,19-20H,6H2,1-3H3;5-6,8-10,18-19H,4H2,1-3H3/t10-,12-,15-,16-;11-,13-,15-,16-;10-,11+,13-,14-;9-,10-,12-;9-,10+,11-,13-;8-,9+,10-,11-/m111111/s1. The number of ether oxygens (including phenoxy) is 12. The number of aryl methyl sites for hydroxylation is 5. The molecule has 7 aliphatic rings. The molecule has 0 aromatic carbocycles. The molecule has 14 rings (SSSR count). The Kier molecular flexibility index (Phi) is 37.0. The van der Waals surface area contributed by atoms with Gasteiger partial charge >= 0.3 is 23.0 Å². The summed E-state index contributed by atoms with van der Waals surface area (Å²) < 4.78 is 131. The van der Waals surface area contributed by atoms with Gasteiger partial charge in [-0.1, -0.05) is 32.3 Å². The van der Waals surface area contributed by atoms with Crippen LogP contribution in [-0.4, -0.2) is 314 Å². The number of imidazole rings is 2. The zero-order valence-corrected chi connectivity index (χ0v) is 79.6. The molecule has 6 fully saturated rings. The van der Waals surface area contributed by atoms with Gasteiger partial charge in [-0.15, -0.1) is 12.8 Å². The second-order valence-electron chi connectivity index (χ2n) is 34.8. The normalized spacial score (nSPS) is 31.0. The molecule has 6 saturated heterocycles. The number of aromatic nitrogens is 15.